The third kappa shape index (κ3) is 2.80. The van der Waals surface area contributed by atoms with Crippen LogP contribution in [0.5, 0.6) is 5.75 Å². The third-order valence-electron chi connectivity index (χ3n) is 2.97. The molecule has 1 heterocycles. The number of hydrogen-bond acceptors (Lipinski definition) is 4. The van der Waals surface area contributed by atoms with E-state index in [0.717, 1.165) is 5.56 Å². The predicted molar refractivity (Wildman–Crippen MR) is 74.6 cm³/mol. The van der Waals surface area contributed by atoms with E-state index in [1.54, 1.807) is 20.2 Å². The molecule has 1 aromatic carbocycles. The lowest BCUT2D eigenvalue weighted by atomic mass is 10.1. The predicted octanol–water partition coefficient (Wildman–Crippen LogP) is 1.15. The van der Waals surface area contributed by atoms with Crippen molar-refractivity contribution in [1.82, 2.24) is 15.1 Å². The molecule has 1 aromatic heterocycles. The third-order valence-corrected chi connectivity index (χ3v) is 2.97. The van der Waals surface area contributed by atoms with Crippen LogP contribution < -0.4 is 4.74 Å². The maximum absolute atomic E-state index is 12.0. The minimum atomic E-state index is -0.215. The Kier molecular flexibility index (Phi) is 4.37. The van der Waals surface area contributed by atoms with Crippen molar-refractivity contribution >= 4 is 5.91 Å². The standard InChI is InChI=1S/C14H17N3O3/c1-17(7-8-18)14(19)12-9-11(15-16-12)10-5-3-4-6-13(10)20-2/h3-6,9,18H,7-8H2,1-2H3,(H,15,16). The molecule has 2 rings (SSSR count). The van der Waals surface area contributed by atoms with Crippen molar-refractivity contribution in [1.29, 1.82) is 0 Å². The molecule has 0 aliphatic carbocycles. The van der Waals surface area contributed by atoms with E-state index < -0.39 is 0 Å². The maximum atomic E-state index is 12.0. The van der Waals surface area contributed by atoms with Gasteiger partial charge < -0.3 is 14.7 Å². The Balaban J connectivity index is 2.27. The van der Waals surface area contributed by atoms with Gasteiger partial charge in [0.25, 0.3) is 5.91 Å². The van der Waals surface area contributed by atoms with E-state index in [1.165, 1.54) is 4.90 Å². The molecule has 0 aliphatic heterocycles. The molecule has 0 aliphatic rings. The molecule has 0 bridgehead atoms. The van der Waals surface area contributed by atoms with Gasteiger partial charge in [-0.3, -0.25) is 9.89 Å². The highest BCUT2D eigenvalue weighted by Gasteiger charge is 2.16. The number of ether oxygens (including phenoxy) is 1. The van der Waals surface area contributed by atoms with Crippen LogP contribution in [0.2, 0.25) is 0 Å². The van der Waals surface area contributed by atoms with E-state index in [9.17, 15) is 4.79 Å². The summed E-state index contributed by atoms with van der Waals surface area (Å²) < 4.78 is 5.27. The zero-order chi connectivity index (χ0) is 14.5. The molecule has 6 nitrogen and oxygen atoms in total. The fraction of sp³-hybridized carbons (Fsp3) is 0.286. The zero-order valence-corrected chi connectivity index (χ0v) is 11.5. The number of hydrogen-bond donors (Lipinski definition) is 2. The number of nitrogens with zero attached hydrogens (tertiary/aromatic N) is 2. The van der Waals surface area contributed by atoms with E-state index >= 15 is 0 Å². The highest BCUT2D eigenvalue weighted by Crippen LogP contribution is 2.28. The molecule has 6 heteroatoms. The number of nitrogens with one attached hydrogen (secondary N) is 1. The van der Waals surface area contributed by atoms with Crippen LogP contribution in [-0.2, 0) is 0 Å². The van der Waals surface area contributed by atoms with Gasteiger partial charge in [0.15, 0.2) is 0 Å². The van der Waals surface area contributed by atoms with Crippen molar-refractivity contribution in [3.8, 4) is 17.0 Å². The zero-order valence-electron chi connectivity index (χ0n) is 11.5. The molecule has 1 amide bonds. The van der Waals surface area contributed by atoms with Gasteiger partial charge in [-0.2, -0.15) is 5.10 Å². The molecule has 0 fully saturated rings. The van der Waals surface area contributed by atoms with Crippen LogP contribution >= 0.6 is 0 Å². The molecule has 0 saturated carbocycles. The Morgan fingerprint density at radius 3 is 2.90 bits per heavy atom. The Labute approximate surface area is 117 Å². The van der Waals surface area contributed by atoms with Crippen LogP contribution in [0.3, 0.4) is 0 Å². The van der Waals surface area contributed by atoms with Crippen LogP contribution in [-0.4, -0.2) is 53.4 Å². The van der Waals surface area contributed by atoms with Gasteiger partial charge in [-0.25, -0.2) is 0 Å². The summed E-state index contributed by atoms with van der Waals surface area (Å²) >= 11 is 0. The second-order valence-electron chi connectivity index (χ2n) is 4.32. The largest absolute Gasteiger partial charge is 0.496 e. The number of rotatable bonds is 5. The summed E-state index contributed by atoms with van der Waals surface area (Å²) in [5.74, 6) is 0.481. The first-order valence-corrected chi connectivity index (χ1v) is 6.22. The van der Waals surface area contributed by atoms with E-state index in [2.05, 4.69) is 10.2 Å². The summed E-state index contributed by atoms with van der Waals surface area (Å²) in [5, 5.41) is 15.7. The minimum Gasteiger partial charge on any atom is -0.496 e. The second-order valence-corrected chi connectivity index (χ2v) is 4.32. The Morgan fingerprint density at radius 2 is 2.20 bits per heavy atom. The number of carbonyl (C=O) groups is 1. The molecule has 0 unspecified atom stereocenters. The fourth-order valence-electron chi connectivity index (χ4n) is 1.88. The van der Waals surface area contributed by atoms with Gasteiger partial charge in [0.2, 0.25) is 0 Å². The second kappa shape index (κ2) is 6.21. The molecule has 0 radical (unpaired) electrons. The van der Waals surface area contributed by atoms with Crippen LogP contribution in [0, 0.1) is 0 Å². The van der Waals surface area contributed by atoms with Crippen LogP contribution in [0.15, 0.2) is 30.3 Å². The average molecular weight is 275 g/mol. The number of likely N-dealkylation sites (N-methyl/N-ethyl adjacent to an activating group) is 1. The first kappa shape index (κ1) is 14.1. The van der Waals surface area contributed by atoms with Crippen molar-refractivity contribution in [2.24, 2.45) is 0 Å². The molecule has 2 N–H and O–H groups in total. The molecule has 2 aromatic rings. The number of carbonyl (C=O) groups excluding carboxylic acids is 1. The molecule has 20 heavy (non-hydrogen) atoms. The summed E-state index contributed by atoms with van der Waals surface area (Å²) in [6.45, 7) is 0.206. The highest BCUT2D eigenvalue weighted by molar-refractivity contribution is 5.93. The monoisotopic (exact) mass is 275 g/mol. The smallest absolute Gasteiger partial charge is 0.271 e. The van der Waals surface area contributed by atoms with Gasteiger partial charge in [0.05, 0.1) is 19.4 Å². The number of aliphatic hydroxyl groups is 1. The lowest BCUT2D eigenvalue weighted by Crippen LogP contribution is -2.29. The molecule has 106 valence electrons. The Hall–Kier alpha value is -2.34. The summed E-state index contributed by atoms with van der Waals surface area (Å²) in [6, 6.07) is 9.14. The molecular weight excluding hydrogens is 258 g/mol. The first-order valence-electron chi connectivity index (χ1n) is 6.22. The van der Waals surface area contributed by atoms with Crippen LogP contribution in [0.1, 0.15) is 10.5 Å². The van der Waals surface area contributed by atoms with Gasteiger partial charge >= 0.3 is 0 Å². The van der Waals surface area contributed by atoms with E-state index in [4.69, 9.17) is 9.84 Å². The van der Waals surface area contributed by atoms with Crippen molar-refractivity contribution in [2.75, 3.05) is 27.3 Å². The molecule has 0 spiro atoms. The molecule has 0 saturated heterocycles. The average Bonchev–Trinajstić information content (AvgIpc) is 2.96. The summed E-state index contributed by atoms with van der Waals surface area (Å²) in [5.41, 5.74) is 1.83. The number of amides is 1. The van der Waals surface area contributed by atoms with Crippen molar-refractivity contribution in [3.63, 3.8) is 0 Å². The van der Waals surface area contributed by atoms with Gasteiger partial charge in [0, 0.05) is 19.2 Å². The minimum absolute atomic E-state index is 0.0737. The number of para-hydroxylation sites is 1. The van der Waals surface area contributed by atoms with Gasteiger partial charge in [-0.15, -0.1) is 0 Å². The summed E-state index contributed by atoms with van der Waals surface area (Å²) in [7, 11) is 3.22. The number of aromatic nitrogens is 2. The highest BCUT2D eigenvalue weighted by atomic mass is 16.5. The normalized spacial score (nSPS) is 10.3. The Morgan fingerprint density at radius 1 is 1.45 bits per heavy atom. The SMILES string of the molecule is COc1ccccc1-c1cc(C(=O)N(C)CCO)[nH]n1. The van der Waals surface area contributed by atoms with Gasteiger partial charge in [-0.1, -0.05) is 12.1 Å². The first-order chi connectivity index (χ1) is 9.67. The quantitative estimate of drug-likeness (QED) is 0.858. The van der Waals surface area contributed by atoms with E-state index in [1.807, 2.05) is 24.3 Å². The number of benzene rings is 1. The Bertz CT molecular complexity index is 595. The number of H-pyrrole nitrogens is 1. The number of aliphatic hydroxyl groups excluding tert-OH is 1. The summed E-state index contributed by atoms with van der Waals surface area (Å²) in [4.78, 5) is 13.5. The lowest BCUT2D eigenvalue weighted by molar-refractivity contribution is 0.0761. The number of methoxy groups -OCH3 is 1. The van der Waals surface area contributed by atoms with Gasteiger partial charge in [-0.05, 0) is 18.2 Å². The number of aromatic amines is 1. The van der Waals surface area contributed by atoms with Gasteiger partial charge in [0.1, 0.15) is 11.4 Å². The van der Waals surface area contributed by atoms with Crippen molar-refractivity contribution < 1.29 is 14.6 Å². The van der Waals surface area contributed by atoms with Crippen LogP contribution in [0.4, 0.5) is 0 Å². The van der Waals surface area contributed by atoms with E-state index in [-0.39, 0.29) is 19.1 Å². The molecular formula is C14H17N3O3. The van der Waals surface area contributed by atoms with Crippen molar-refractivity contribution in [2.45, 2.75) is 0 Å². The maximum Gasteiger partial charge on any atom is 0.271 e. The topological polar surface area (TPSA) is 78.5 Å². The summed E-state index contributed by atoms with van der Waals surface area (Å²) in [6.07, 6.45) is 0. The molecule has 0 atom stereocenters. The lowest BCUT2D eigenvalue weighted by Gasteiger charge is -2.13. The fourth-order valence-corrected chi connectivity index (χ4v) is 1.88. The van der Waals surface area contributed by atoms with Crippen molar-refractivity contribution in [3.05, 3.63) is 36.0 Å². The van der Waals surface area contributed by atoms with Crippen LogP contribution in [0.25, 0.3) is 11.3 Å². The van der Waals surface area contributed by atoms with E-state index in [0.29, 0.717) is 17.1 Å².